The highest BCUT2D eigenvalue weighted by atomic mass is 32.2. The monoisotopic (exact) mass is 624 g/mol. The van der Waals surface area contributed by atoms with Gasteiger partial charge >= 0.3 is 11.9 Å². The van der Waals surface area contributed by atoms with Gasteiger partial charge in [0.25, 0.3) is 0 Å². The number of aromatic nitrogens is 1. The molecular weight excluding hydrogens is 580 g/mol. The second-order valence-electron chi connectivity index (χ2n) is 12.7. The fraction of sp³-hybridized carbons (Fsp3) is 0.576. The van der Waals surface area contributed by atoms with Crippen LogP contribution in [0.1, 0.15) is 89.2 Å². The van der Waals surface area contributed by atoms with Crippen LogP contribution < -0.4 is 16.0 Å². The van der Waals surface area contributed by atoms with Gasteiger partial charge in [0.1, 0.15) is 0 Å². The molecule has 6 N–H and O–H groups in total. The Balaban J connectivity index is 1.47. The lowest BCUT2D eigenvalue weighted by Gasteiger charge is -2.24. The van der Waals surface area contributed by atoms with Crippen molar-refractivity contribution in [1.82, 2.24) is 20.9 Å². The van der Waals surface area contributed by atoms with Crippen LogP contribution in [-0.2, 0) is 32.0 Å². The number of hydrogen-bond donors (Lipinski definition) is 6. The van der Waals surface area contributed by atoms with E-state index in [4.69, 9.17) is 0 Å². The third kappa shape index (κ3) is 5.71. The van der Waals surface area contributed by atoms with Crippen LogP contribution in [0.15, 0.2) is 28.0 Å². The molecule has 44 heavy (non-hydrogen) atoms. The lowest BCUT2D eigenvalue weighted by molar-refractivity contribution is -0.138. The Kier molecular flexibility index (Phi) is 8.81. The smallest absolute Gasteiger partial charge is 0.303 e. The highest BCUT2D eigenvalue weighted by Crippen LogP contribution is 2.63. The number of H-pyrrole nitrogens is 1. The molecule has 1 aromatic heterocycles. The molecule has 11 heteroatoms. The average molecular weight is 625 g/mol. The largest absolute Gasteiger partial charge is 0.481 e. The molecule has 2 fully saturated rings. The molecule has 0 aliphatic carbocycles. The predicted octanol–water partition coefficient (Wildman–Crippen LogP) is 4.00. The van der Waals surface area contributed by atoms with Crippen molar-refractivity contribution in [1.29, 1.82) is 0 Å². The first kappa shape index (κ1) is 31.9. The number of aliphatic carboxylic acids is 2. The van der Waals surface area contributed by atoms with Gasteiger partial charge in [-0.1, -0.05) is 20.8 Å². The van der Waals surface area contributed by atoms with Gasteiger partial charge in [0.2, 0.25) is 11.8 Å². The van der Waals surface area contributed by atoms with Gasteiger partial charge < -0.3 is 31.1 Å². The SMILES string of the molecule is CCC1=C(C)[C@@H](Cc2[nH]c(/C=C3\N[C@@H](C[C@@H]4NC(=O)C(C)[C@]45SC5C)C(C)=C3CCC(=O)O)c(CCC(=O)O)c2C)NC1=O. The highest BCUT2D eigenvalue weighted by Gasteiger charge is 2.67. The number of hydrogen-bond acceptors (Lipinski definition) is 6. The molecule has 5 rings (SSSR count). The van der Waals surface area contributed by atoms with E-state index < -0.39 is 11.9 Å². The van der Waals surface area contributed by atoms with Crippen LogP contribution in [0.3, 0.4) is 0 Å². The Morgan fingerprint density at radius 2 is 1.57 bits per heavy atom. The van der Waals surface area contributed by atoms with E-state index in [1.807, 2.05) is 52.5 Å². The third-order valence-corrected chi connectivity index (χ3v) is 12.2. The lowest BCUT2D eigenvalue weighted by atomic mass is 9.85. The summed E-state index contributed by atoms with van der Waals surface area (Å²) in [6.07, 6.45) is 4.56. The van der Waals surface area contributed by atoms with E-state index in [0.29, 0.717) is 37.4 Å². The predicted molar refractivity (Wildman–Crippen MR) is 170 cm³/mol. The molecule has 2 saturated heterocycles. The zero-order chi connectivity index (χ0) is 32.1. The molecule has 0 saturated carbocycles. The first-order valence-corrected chi connectivity index (χ1v) is 16.5. The number of rotatable bonds is 12. The van der Waals surface area contributed by atoms with E-state index in [1.54, 1.807) is 0 Å². The quantitative estimate of drug-likeness (QED) is 0.190. The van der Waals surface area contributed by atoms with Crippen LogP contribution in [0, 0.1) is 12.8 Å². The Labute approximate surface area is 262 Å². The summed E-state index contributed by atoms with van der Waals surface area (Å²) in [7, 11) is 0. The Morgan fingerprint density at radius 1 is 0.932 bits per heavy atom. The first-order valence-electron chi connectivity index (χ1n) is 15.6. The standard InChI is InChI=1S/C33H44N4O6S/c1-7-20-15(2)24(36-32(20)43)12-23-16(3)21(8-10-29(38)39)26(34-23)13-27-22(9-11-30(40)41)17(4)25(35-27)14-28-33(19(6)44-33)18(5)31(42)37-28/h13,18-19,24-25,28,34-35H,7-12,14H2,1-6H3,(H,36,43)(H,37,42)(H,38,39)(H,40,41)/b27-13-/t18?,19?,24-,25+,28+,33-/m1/s1. The molecule has 0 bridgehead atoms. The molecule has 2 amide bonds. The highest BCUT2D eigenvalue weighted by molar-refractivity contribution is 8.08. The van der Waals surface area contributed by atoms with Crippen LogP contribution in [0.25, 0.3) is 6.08 Å². The number of amides is 2. The van der Waals surface area contributed by atoms with E-state index >= 15 is 0 Å². The lowest BCUT2D eigenvalue weighted by Crippen LogP contribution is -2.41. The zero-order valence-corrected chi connectivity index (χ0v) is 27.2. The molecule has 1 aromatic rings. The maximum absolute atomic E-state index is 12.7. The molecule has 5 heterocycles. The summed E-state index contributed by atoms with van der Waals surface area (Å²) in [5, 5.41) is 29.3. The van der Waals surface area contributed by atoms with Crippen molar-refractivity contribution in [3.63, 3.8) is 0 Å². The van der Waals surface area contributed by atoms with Crippen LogP contribution in [-0.4, -0.2) is 67.1 Å². The van der Waals surface area contributed by atoms with E-state index in [1.165, 1.54) is 0 Å². The van der Waals surface area contributed by atoms with Crippen molar-refractivity contribution in [2.24, 2.45) is 5.92 Å². The molecule has 0 radical (unpaired) electrons. The van der Waals surface area contributed by atoms with Crippen LogP contribution in [0.2, 0.25) is 0 Å². The number of aromatic amines is 1. The van der Waals surface area contributed by atoms with Crippen molar-refractivity contribution in [3.05, 3.63) is 50.5 Å². The van der Waals surface area contributed by atoms with Crippen molar-refractivity contribution < 1.29 is 29.4 Å². The summed E-state index contributed by atoms with van der Waals surface area (Å²) >= 11 is 1.85. The number of carbonyl (C=O) groups excluding carboxylic acids is 2. The minimum atomic E-state index is -0.883. The van der Waals surface area contributed by atoms with Crippen LogP contribution in [0.5, 0.6) is 0 Å². The summed E-state index contributed by atoms with van der Waals surface area (Å²) in [4.78, 5) is 51.8. The Hall–Kier alpha value is -3.47. The minimum Gasteiger partial charge on any atom is -0.481 e. The van der Waals surface area contributed by atoms with Crippen molar-refractivity contribution in [2.75, 3.05) is 0 Å². The maximum atomic E-state index is 12.7. The number of allylic oxidation sites excluding steroid dienone is 1. The summed E-state index contributed by atoms with van der Waals surface area (Å²) in [6.45, 7) is 12.1. The van der Waals surface area contributed by atoms with Gasteiger partial charge in [-0.2, -0.15) is 0 Å². The van der Waals surface area contributed by atoms with Gasteiger partial charge in [-0.15, -0.1) is 11.8 Å². The molecule has 238 valence electrons. The topological polar surface area (TPSA) is 161 Å². The summed E-state index contributed by atoms with van der Waals surface area (Å²) in [6, 6.07) is -0.198. The summed E-state index contributed by atoms with van der Waals surface area (Å²) in [5.74, 6) is -1.77. The second kappa shape index (κ2) is 12.1. The fourth-order valence-corrected chi connectivity index (χ4v) is 9.10. The van der Waals surface area contributed by atoms with E-state index in [0.717, 1.165) is 50.5 Å². The molecule has 1 spiro atoms. The summed E-state index contributed by atoms with van der Waals surface area (Å²) < 4.78 is -0.109. The molecule has 6 atom stereocenters. The normalized spacial score (nSPS) is 30.4. The first-order chi connectivity index (χ1) is 20.8. The van der Waals surface area contributed by atoms with E-state index in [2.05, 4.69) is 27.9 Å². The van der Waals surface area contributed by atoms with Crippen LogP contribution >= 0.6 is 11.8 Å². The minimum absolute atomic E-state index is 0.00825. The van der Waals surface area contributed by atoms with Gasteiger partial charge in [-0.25, -0.2) is 0 Å². The van der Waals surface area contributed by atoms with E-state index in [-0.39, 0.29) is 53.4 Å². The van der Waals surface area contributed by atoms with Gasteiger partial charge in [0, 0.05) is 59.3 Å². The van der Waals surface area contributed by atoms with Crippen molar-refractivity contribution >= 4 is 41.6 Å². The molecule has 2 unspecified atom stereocenters. The zero-order valence-electron chi connectivity index (χ0n) is 26.3. The maximum Gasteiger partial charge on any atom is 0.303 e. The van der Waals surface area contributed by atoms with Crippen molar-refractivity contribution in [3.8, 4) is 0 Å². The molecular formula is C33H44N4O6S. The Morgan fingerprint density at radius 3 is 2.16 bits per heavy atom. The fourth-order valence-electron chi connectivity index (χ4n) is 7.55. The molecule has 0 aromatic carbocycles. The number of carboxylic acid groups (broad SMARTS) is 2. The number of thioether (sulfide) groups is 1. The average Bonchev–Trinajstić information content (AvgIpc) is 3.13. The van der Waals surface area contributed by atoms with E-state index in [9.17, 15) is 29.4 Å². The molecule has 4 aliphatic heterocycles. The third-order valence-electron chi connectivity index (χ3n) is 10.3. The van der Waals surface area contributed by atoms with Crippen molar-refractivity contribution in [2.45, 2.75) is 115 Å². The Bertz CT molecular complexity index is 1510. The van der Waals surface area contributed by atoms with Crippen LogP contribution in [0.4, 0.5) is 0 Å². The second-order valence-corrected chi connectivity index (χ2v) is 14.4. The van der Waals surface area contributed by atoms with Gasteiger partial charge in [-0.05, 0) is 80.4 Å². The number of carboxylic acids is 2. The summed E-state index contributed by atoms with van der Waals surface area (Å²) in [5.41, 5.74) is 8.26. The van der Waals surface area contributed by atoms with Gasteiger partial charge in [-0.3, -0.25) is 19.2 Å². The molecule has 10 nitrogen and oxygen atoms in total. The number of carbonyl (C=O) groups is 4. The van der Waals surface area contributed by atoms with Gasteiger partial charge in [0.05, 0.1) is 16.7 Å². The molecule has 4 aliphatic rings. The van der Waals surface area contributed by atoms with Gasteiger partial charge in [0.15, 0.2) is 0 Å². The number of nitrogens with one attached hydrogen (secondary N) is 4.